The van der Waals surface area contributed by atoms with Gasteiger partial charge in [0, 0.05) is 13.0 Å². The van der Waals surface area contributed by atoms with Crippen molar-refractivity contribution in [2.45, 2.75) is 12.8 Å². The first-order chi connectivity index (χ1) is 2.89. The minimum Gasteiger partial charge on any atom is -0.278 e. The van der Waals surface area contributed by atoms with Gasteiger partial charge in [-0.3, -0.25) is 4.99 Å². The maximum absolute atomic E-state index is 5.46. The minimum absolute atomic E-state index is 0.801. The molecule has 1 nitrogen and oxygen atoms in total. The van der Waals surface area contributed by atoms with Crippen molar-refractivity contribution in [1.29, 1.82) is 0 Å². The fourth-order valence-corrected chi connectivity index (χ4v) is 0.723. The van der Waals surface area contributed by atoms with Crippen LogP contribution in [0.4, 0.5) is 0 Å². The molecule has 0 spiro atoms. The van der Waals surface area contributed by atoms with Gasteiger partial charge in [0.15, 0.2) is 0 Å². The number of hydrogen-bond donors (Lipinski definition) is 0. The van der Waals surface area contributed by atoms with Crippen molar-refractivity contribution < 1.29 is 0 Å². The van der Waals surface area contributed by atoms with Gasteiger partial charge in [-0.1, -0.05) is 11.6 Å². The summed E-state index contributed by atoms with van der Waals surface area (Å²) in [5, 5.41) is 0.801. The van der Waals surface area contributed by atoms with E-state index in [1.807, 2.05) is 0 Å². The topological polar surface area (TPSA) is 12.4 Å². The van der Waals surface area contributed by atoms with E-state index in [4.69, 9.17) is 11.6 Å². The van der Waals surface area contributed by atoms with Gasteiger partial charge in [0.05, 0.1) is 0 Å². The summed E-state index contributed by atoms with van der Waals surface area (Å²) in [6, 6.07) is 0. The van der Waals surface area contributed by atoms with Gasteiger partial charge in [0.2, 0.25) is 0 Å². The summed E-state index contributed by atoms with van der Waals surface area (Å²) in [6.45, 7) is 0.943. The average Bonchev–Trinajstić information content (AvgIpc) is 1.86. The van der Waals surface area contributed by atoms with Crippen LogP contribution in [-0.4, -0.2) is 11.7 Å². The summed E-state index contributed by atoms with van der Waals surface area (Å²) < 4.78 is 0. The van der Waals surface area contributed by atoms with E-state index in [0.29, 0.717) is 0 Å². The van der Waals surface area contributed by atoms with Gasteiger partial charge in [-0.05, 0) is 6.42 Å². The van der Waals surface area contributed by atoms with E-state index in [1.165, 1.54) is 0 Å². The predicted molar refractivity (Wildman–Crippen MR) is 27.4 cm³/mol. The Morgan fingerprint density at radius 3 is 2.67 bits per heavy atom. The lowest BCUT2D eigenvalue weighted by molar-refractivity contribution is 0.952. The second-order valence-corrected chi connectivity index (χ2v) is 1.80. The molecule has 2 heteroatoms. The van der Waals surface area contributed by atoms with E-state index >= 15 is 0 Å². The SMILES string of the molecule is ClC1=NCCC1. The normalized spacial score (nSPS) is 21.2. The highest BCUT2D eigenvalue weighted by molar-refractivity contribution is 6.65. The maximum atomic E-state index is 5.46. The Labute approximate surface area is 42.0 Å². The summed E-state index contributed by atoms with van der Waals surface area (Å²) in [7, 11) is 0. The second kappa shape index (κ2) is 1.61. The molecule has 0 unspecified atom stereocenters. The van der Waals surface area contributed by atoms with Crippen LogP contribution in [0, 0.1) is 0 Å². The van der Waals surface area contributed by atoms with Gasteiger partial charge >= 0.3 is 0 Å². The Kier molecular flexibility index (Phi) is 1.10. The molecule has 0 atom stereocenters. The summed E-state index contributed by atoms with van der Waals surface area (Å²) in [4.78, 5) is 3.92. The summed E-state index contributed by atoms with van der Waals surface area (Å²) in [5.74, 6) is 0. The van der Waals surface area contributed by atoms with Crippen LogP contribution >= 0.6 is 11.6 Å². The zero-order valence-electron chi connectivity index (χ0n) is 3.45. The Bertz CT molecular complexity index is 77.6. The molecule has 0 amide bonds. The predicted octanol–water partition coefficient (Wildman–Crippen LogP) is 1.42. The lowest BCUT2D eigenvalue weighted by atomic mass is 10.4. The first kappa shape index (κ1) is 4.13. The number of halogens is 1. The van der Waals surface area contributed by atoms with Crippen molar-refractivity contribution in [2.75, 3.05) is 6.54 Å². The molecule has 0 aliphatic carbocycles. The average molecular weight is 104 g/mol. The standard InChI is InChI=1S/C4H6ClN/c5-4-2-1-3-6-4/h1-3H2. The molecule has 0 fully saturated rings. The van der Waals surface area contributed by atoms with Crippen LogP contribution in [0.1, 0.15) is 12.8 Å². The quantitative estimate of drug-likeness (QED) is 0.440. The first-order valence-corrected chi connectivity index (χ1v) is 2.46. The monoisotopic (exact) mass is 103 g/mol. The molecular weight excluding hydrogens is 97.5 g/mol. The zero-order chi connectivity index (χ0) is 4.41. The largest absolute Gasteiger partial charge is 0.278 e. The van der Waals surface area contributed by atoms with Crippen molar-refractivity contribution >= 4 is 16.8 Å². The molecule has 0 aromatic carbocycles. The van der Waals surface area contributed by atoms with Gasteiger partial charge < -0.3 is 0 Å². The van der Waals surface area contributed by atoms with Crippen molar-refractivity contribution in [3.05, 3.63) is 0 Å². The molecule has 0 saturated heterocycles. The molecule has 1 aliphatic rings. The Hall–Kier alpha value is -0.0400. The maximum Gasteiger partial charge on any atom is 0.100 e. The fraction of sp³-hybridized carbons (Fsp3) is 0.750. The van der Waals surface area contributed by atoms with Crippen LogP contribution in [0.25, 0.3) is 0 Å². The molecule has 1 rings (SSSR count). The third kappa shape index (κ3) is 0.716. The Morgan fingerprint density at radius 2 is 2.50 bits per heavy atom. The Balaban J connectivity index is 2.45. The van der Waals surface area contributed by atoms with Crippen LogP contribution in [0.5, 0.6) is 0 Å². The highest BCUT2D eigenvalue weighted by Crippen LogP contribution is 2.05. The van der Waals surface area contributed by atoms with Crippen molar-refractivity contribution in [3.8, 4) is 0 Å². The highest BCUT2D eigenvalue weighted by Gasteiger charge is 1.99. The molecule has 6 heavy (non-hydrogen) atoms. The summed E-state index contributed by atoms with van der Waals surface area (Å²) >= 11 is 5.46. The van der Waals surface area contributed by atoms with E-state index in [0.717, 1.165) is 24.6 Å². The van der Waals surface area contributed by atoms with Gasteiger partial charge in [0.25, 0.3) is 0 Å². The molecule has 1 aliphatic heterocycles. The number of nitrogens with zero attached hydrogens (tertiary/aromatic N) is 1. The van der Waals surface area contributed by atoms with Crippen LogP contribution in [-0.2, 0) is 0 Å². The van der Waals surface area contributed by atoms with E-state index in [2.05, 4.69) is 4.99 Å². The van der Waals surface area contributed by atoms with E-state index in [-0.39, 0.29) is 0 Å². The van der Waals surface area contributed by atoms with E-state index in [1.54, 1.807) is 0 Å². The molecule has 1 heterocycles. The summed E-state index contributed by atoms with van der Waals surface area (Å²) in [5.41, 5.74) is 0. The highest BCUT2D eigenvalue weighted by atomic mass is 35.5. The van der Waals surface area contributed by atoms with Crippen LogP contribution in [0.2, 0.25) is 0 Å². The smallest absolute Gasteiger partial charge is 0.100 e. The van der Waals surface area contributed by atoms with Crippen LogP contribution in [0.15, 0.2) is 4.99 Å². The molecule has 0 bridgehead atoms. The lowest BCUT2D eigenvalue weighted by Crippen LogP contribution is -1.72. The molecule has 34 valence electrons. The molecular formula is C4H6ClN. The summed E-state index contributed by atoms with van der Waals surface area (Å²) in [6.07, 6.45) is 2.15. The van der Waals surface area contributed by atoms with Crippen molar-refractivity contribution in [2.24, 2.45) is 4.99 Å². The fourth-order valence-electron chi connectivity index (χ4n) is 0.504. The third-order valence-electron chi connectivity index (χ3n) is 0.825. The minimum atomic E-state index is 0.801. The first-order valence-electron chi connectivity index (χ1n) is 2.08. The molecule has 0 radical (unpaired) electrons. The number of rotatable bonds is 0. The molecule has 0 saturated carbocycles. The van der Waals surface area contributed by atoms with Gasteiger partial charge in [-0.25, -0.2) is 0 Å². The van der Waals surface area contributed by atoms with Gasteiger partial charge in [0.1, 0.15) is 5.17 Å². The van der Waals surface area contributed by atoms with Crippen LogP contribution < -0.4 is 0 Å². The van der Waals surface area contributed by atoms with Crippen LogP contribution in [0.3, 0.4) is 0 Å². The van der Waals surface area contributed by atoms with Gasteiger partial charge in [-0.2, -0.15) is 0 Å². The lowest BCUT2D eigenvalue weighted by Gasteiger charge is -1.73. The third-order valence-corrected chi connectivity index (χ3v) is 1.13. The number of hydrogen-bond acceptors (Lipinski definition) is 1. The van der Waals surface area contributed by atoms with E-state index < -0.39 is 0 Å². The zero-order valence-corrected chi connectivity index (χ0v) is 4.20. The molecule has 0 N–H and O–H groups in total. The molecule has 0 aromatic rings. The molecule has 0 aromatic heterocycles. The second-order valence-electron chi connectivity index (χ2n) is 1.36. The van der Waals surface area contributed by atoms with Crippen molar-refractivity contribution in [1.82, 2.24) is 0 Å². The van der Waals surface area contributed by atoms with Crippen molar-refractivity contribution in [3.63, 3.8) is 0 Å². The Morgan fingerprint density at radius 1 is 1.67 bits per heavy atom. The number of aliphatic imine (C=N–C) groups is 1. The van der Waals surface area contributed by atoms with E-state index in [9.17, 15) is 0 Å². The van der Waals surface area contributed by atoms with Gasteiger partial charge in [-0.15, -0.1) is 0 Å².